The molecule has 0 saturated heterocycles. The number of halogens is 1. The fourth-order valence-electron chi connectivity index (χ4n) is 2.84. The molecule has 0 amide bonds. The summed E-state index contributed by atoms with van der Waals surface area (Å²) in [7, 11) is 0. The van der Waals surface area contributed by atoms with Gasteiger partial charge in [-0.05, 0) is 56.8 Å². The van der Waals surface area contributed by atoms with Crippen LogP contribution in [0.1, 0.15) is 57.6 Å². The van der Waals surface area contributed by atoms with E-state index in [-0.39, 0.29) is 6.04 Å². The first-order chi connectivity index (χ1) is 9.70. The highest BCUT2D eigenvalue weighted by Crippen LogP contribution is 2.31. The fraction of sp³-hybridized carbons (Fsp3) is 0.647. The summed E-state index contributed by atoms with van der Waals surface area (Å²) in [4.78, 5) is 0. The average molecular weight is 296 g/mol. The van der Waals surface area contributed by atoms with E-state index in [1.54, 1.807) is 0 Å². The second-order valence-electron chi connectivity index (χ2n) is 5.82. The van der Waals surface area contributed by atoms with E-state index < -0.39 is 0 Å². The van der Waals surface area contributed by atoms with Crippen molar-refractivity contribution in [2.45, 2.75) is 52.0 Å². The molecule has 0 spiro atoms. The molecule has 1 fully saturated rings. The number of hydrogen-bond donors (Lipinski definition) is 1. The largest absolute Gasteiger partial charge is 0.493 e. The number of nitrogens with one attached hydrogen (secondary N) is 1. The van der Waals surface area contributed by atoms with Gasteiger partial charge < -0.3 is 10.1 Å². The van der Waals surface area contributed by atoms with Crippen molar-refractivity contribution in [1.29, 1.82) is 0 Å². The van der Waals surface area contributed by atoms with E-state index in [4.69, 9.17) is 16.3 Å². The second kappa shape index (κ2) is 7.90. The van der Waals surface area contributed by atoms with Crippen molar-refractivity contribution in [3.63, 3.8) is 0 Å². The van der Waals surface area contributed by atoms with Crippen LogP contribution < -0.4 is 10.1 Å². The minimum absolute atomic E-state index is 0.271. The lowest BCUT2D eigenvalue weighted by Crippen LogP contribution is -2.20. The first kappa shape index (κ1) is 15.7. The summed E-state index contributed by atoms with van der Waals surface area (Å²) < 4.78 is 6.08. The third-order valence-electron chi connectivity index (χ3n) is 4.09. The maximum Gasteiger partial charge on any atom is 0.124 e. The van der Waals surface area contributed by atoms with Crippen molar-refractivity contribution in [2.75, 3.05) is 13.2 Å². The van der Waals surface area contributed by atoms with Crippen molar-refractivity contribution < 1.29 is 4.74 Å². The summed E-state index contributed by atoms with van der Waals surface area (Å²) >= 11 is 6.14. The van der Waals surface area contributed by atoms with Crippen molar-refractivity contribution in [3.8, 4) is 5.75 Å². The highest BCUT2D eigenvalue weighted by Gasteiger charge is 2.17. The SMILES string of the molecule is CCCNC(C)c1cc(Cl)ccc1OCC1CCCC1. The van der Waals surface area contributed by atoms with Crippen LogP contribution in [-0.4, -0.2) is 13.2 Å². The Hall–Kier alpha value is -0.730. The van der Waals surface area contributed by atoms with E-state index in [0.717, 1.165) is 36.3 Å². The number of rotatable bonds is 7. The zero-order valence-electron chi connectivity index (χ0n) is 12.6. The highest BCUT2D eigenvalue weighted by atomic mass is 35.5. The van der Waals surface area contributed by atoms with Crippen LogP contribution in [0.5, 0.6) is 5.75 Å². The topological polar surface area (TPSA) is 21.3 Å². The molecule has 2 nitrogen and oxygen atoms in total. The van der Waals surface area contributed by atoms with Gasteiger partial charge in [0.1, 0.15) is 5.75 Å². The lowest BCUT2D eigenvalue weighted by molar-refractivity contribution is 0.248. The summed E-state index contributed by atoms with van der Waals surface area (Å²) in [6.45, 7) is 6.20. The van der Waals surface area contributed by atoms with Gasteiger partial charge in [-0.3, -0.25) is 0 Å². The molecule has 2 rings (SSSR count). The van der Waals surface area contributed by atoms with Gasteiger partial charge in [0.25, 0.3) is 0 Å². The third kappa shape index (κ3) is 4.39. The summed E-state index contributed by atoms with van der Waals surface area (Å²) in [6, 6.07) is 6.23. The second-order valence-corrected chi connectivity index (χ2v) is 6.26. The van der Waals surface area contributed by atoms with Gasteiger partial charge in [0.2, 0.25) is 0 Å². The molecule has 1 N–H and O–H groups in total. The van der Waals surface area contributed by atoms with Gasteiger partial charge in [0, 0.05) is 16.6 Å². The minimum Gasteiger partial charge on any atom is -0.493 e. The van der Waals surface area contributed by atoms with E-state index in [0.29, 0.717) is 0 Å². The normalized spacial score (nSPS) is 17.4. The Morgan fingerprint density at radius 2 is 2.10 bits per heavy atom. The standard InChI is InChI=1S/C17H26ClNO/c1-3-10-19-13(2)16-11-15(18)8-9-17(16)20-12-14-6-4-5-7-14/h8-9,11,13-14,19H,3-7,10,12H2,1-2H3. The van der Waals surface area contributed by atoms with Crippen LogP contribution in [0.15, 0.2) is 18.2 Å². The van der Waals surface area contributed by atoms with Gasteiger partial charge in [-0.1, -0.05) is 31.4 Å². The van der Waals surface area contributed by atoms with E-state index in [1.165, 1.54) is 31.2 Å². The molecule has 0 radical (unpaired) electrons. The molecule has 1 aliphatic carbocycles. The quantitative estimate of drug-likeness (QED) is 0.767. The Balaban J connectivity index is 2.02. The predicted octanol–water partition coefficient (Wildman–Crippen LogP) is 4.97. The lowest BCUT2D eigenvalue weighted by atomic mass is 10.1. The third-order valence-corrected chi connectivity index (χ3v) is 4.32. The predicted molar refractivity (Wildman–Crippen MR) is 85.6 cm³/mol. The Labute approximate surface area is 127 Å². The molecule has 20 heavy (non-hydrogen) atoms. The molecule has 0 bridgehead atoms. The number of ether oxygens (including phenoxy) is 1. The van der Waals surface area contributed by atoms with Crippen LogP contribution in [0.4, 0.5) is 0 Å². The number of hydrogen-bond acceptors (Lipinski definition) is 2. The smallest absolute Gasteiger partial charge is 0.124 e. The molecule has 1 saturated carbocycles. The monoisotopic (exact) mass is 295 g/mol. The maximum absolute atomic E-state index is 6.14. The van der Waals surface area contributed by atoms with Gasteiger partial charge >= 0.3 is 0 Å². The first-order valence-corrected chi connectivity index (χ1v) is 8.24. The molecular formula is C17H26ClNO. The molecule has 1 atom stereocenters. The van der Waals surface area contributed by atoms with Crippen molar-refractivity contribution in [1.82, 2.24) is 5.32 Å². The zero-order valence-corrected chi connectivity index (χ0v) is 13.4. The molecule has 3 heteroatoms. The fourth-order valence-corrected chi connectivity index (χ4v) is 3.03. The van der Waals surface area contributed by atoms with Gasteiger partial charge in [-0.25, -0.2) is 0 Å². The molecule has 0 aromatic heterocycles. The summed E-state index contributed by atoms with van der Waals surface area (Å²) in [5, 5.41) is 4.28. The zero-order chi connectivity index (χ0) is 14.4. The average Bonchev–Trinajstić information content (AvgIpc) is 2.96. The molecule has 112 valence electrons. The van der Waals surface area contributed by atoms with Crippen LogP contribution in [0.25, 0.3) is 0 Å². The molecular weight excluding hydrogens is 270 g/mol. The summed E-state index contributed by atoms with van der Waals surface area (Å²) in [6.07, 6.45) is 6.47. The molecule has 1 aromatic rings. The van der Waals surface area contributed by atoms with Crippen molar-refractivity contribution in [2.24, 2.45) is 5.92 Å². The summed E-state index contributed by atoms with van der Waals surface area (Å²) in [5.74, 6) is 1.72. The minimum atomic E-state index is 0.271. The van der Waals surface area contributed by atoms with Crippen LogP contribution in [0.2, 0.25) is 5.02 Å². The molecule has 0 heterocycles. The Morgan fingerprint density at radius 1 is 1.35 bits per heavy atom. The van der Waals surface area contributed by atoms with Gasteiger partial charge in [-0.2, -0.15) is 0 Å². The van der Waals surface area contributed by atoms with Crippen LogP contribution in [-0.2, 0) is 0 Å². The number of benzene rings is 1. The Bertz CT molecular complexity index is 415. The Morgan fingerprint density at radius 3 is 2.80 bits per heavy atom. The van der Waals surface area contributed by atoms with Gasteiger partial charge in [0.15, 0.2) is 0 Å². The maximum atomic E-state index is 6.14. The Kier molecular flexibility index (Phi) is 6.18. The van der Waals surface area contributed by atoms with E-state index >= 15 is 0 Å². The van der Waals surface area contributed by atoms with Crippen LogP contribution in [0.3, 0.4) is 0 Å². The van der Waals surface area contributed by atoms with E-state index in [9.17, 15) is 0 Å². The highest BCUT2D eigenvalue weighted by molar-refractivity contribution is 6.30. The van der Waals surface area contributed by atoms with Crippen LogP contribution >= 0.6 is 11.6 Å². The molecule has 1 aromatic carbocycles. The van der Waals surface area contributed by atoms with Gasteiger partial charge in [-0.15, -0.1) is 0 Å². The molecule has 1 unspecified atom stereocenters. The van der Waals surface area contributed by atoms with Crippen LogP contribution in [0, 0.1) is 5.92 Å². The van der Waals surface area contributed by atoms with Gasteiger partial charge in [0.05, 0.1) is 6.61 Å². The first-order valence-electron chi connectivity index (χ1n) is 7.86. The molecule has 0 aliphatic heterocycles. The van der Waals surface area contributed by atoms with Crippen molar-refractivity contribution in [3.05, 3.63) is 28.8 Å². The van der Waals surface area contributed by atoms with E-state index in [2.05, 4.69) is 19.2 Å². The summed E-state index contributed by atoms with van der Waals surface area (Å²) in [5.41, 5.74) is 1.17. The van der Waals surface area contributed by atoms with E-state index in [1.807, 2.05) is 18.2 Å². The van der Waals surface area contributed by atoms with Crippen molar-refractivity contribution >= 4 is 11.6 Å². The molecule has 1 aliphatic rings. The lowest BCUT2D eigenvalue weighted by Gasteiger charge is -2.20.